The van der Waals surface area contributed by atoms with Gasteiger partial charge in [-0.05, 0) is 24.6 Å². The summed E-state index contributed by atoms with van der Waals surface area (Å²) in [6, 6.07) is 12.2. The maximum atomic E-state index is 13.7. The number of hydrogen-bond donors (Lipinski definition) is 0. The van der Waals surface area contributed by atoms with Crippen molar-refractivity contribution in [1.29, 1.82) is 0 Å². The minimum absolute atomic E-state index is 0.212. The lowest BCUT2D eigenvalue weighted by molar-refractivity contribution is 0.0720. The van der Waals surface area contributed by atoms with E-state index in [0.717, 1.165) is 17.8 Å². The van der Waals surface area contributed by atoms with Gasteiger partial charge in [-0.2, -0.15) is 0 Å². The molecule has 2 aromatic carbocycles. The zero-order chi connectivity index (χ0) is 20.3. The summed E-state index contributed by atoms with van der Waals surface area (Å²) in [4.78, 5) is 19.8. The summed E-state index contributed by atoms with van der Waals surface area (Å²) < 4.78 is 43.8. The molecule has 144 valence electrons. The zero-order valence-electron chi connectivity index (χ0n) is 14.6. The SMILES string of the molecule is Cc1ccc(CS(=O)(=O)c2ncc(Cl)c(C(=O)Oc3ccccc3F)n2)cc1. The Morgan fingerprint density at radius 3 is 2.50 bits per heavy atom. The quantitative estimate of drug-likeness (QED) is 0.355. The van der Waals surface area contributed by atoms with E-state index < -0.39 is 32.5 Å². The molecule has 0 aliphatic heterocycles. The molecule has 0 aliphatic rings. The summed E-state index contributed by atoms with van der Waals surface area (Å²) in [5, 5.41) is -0.784. The smallest absolute Gasteiger partial charge is 0.364 e. The van der Waals surface area contributed by atoms with Crippen molar-refractivity contribution in [2.24, 2.45) is 0 Å². The van der Waals surface area contributed by atoms with Crippen LogP contribution in [0.5, 0.6) is 5.75 Å². The number of para-hydroxylation sites is 1. The fraction of sp³-hybridized carbons (Fsp3) is 0.105. The third kappa shape index (κ3) is 4.52. The Hall–Kier alpha value is -2.84. The van der Waals surface area contributed by atoms with Gasteiger partial charge >= 0.3 is 5.97 Å². The highest BCUT2D eigenvalue weighted by molar-refractivity contribution is 7.90. The fourth-order valence-electron chi connectivity index (χ4n) is 2.29. The molecule has 3 rings (SSSR count). The van der Waals surface area contributed by atoms with E-state index in [2.05, 4.69) is 9.97 Å². The molecule has 0 fully saturated rings. The van der Waals surface area contributed by atoms with Gasteiger partial charge in [0, 0.05) is 0 Å². The van der Waals surface area contributed by atoms with Crippen LogP contribution in [0.2, 0.25) is 5.02 Å². The molecule has 0 radical (unpaired) electrons. The number of carbonyl (C=O) groups excluding carboxylic acids is 1. The predicted octanol–water partition coefficient (Wildman–Crippen LogP) is 3.77. The lowest BCUT2D eigenvalue weighted by Gasteiger charge is -2.08. The number of benzene rings is 2. The largest absolute Gasteiger partial charge is 0.419 e. The molecule has 0 saturated heterocycles. The molecule has 0 aliphatic carbocycles. The summed E-state index contributed by atoms with van der Waals surface area (Å²) in [5.41, 5.74) is 1.06. The van der Waals surface area contributed by atoms with Gasteiger partial charge in [-0.3, -0.25) is 0 Å². The molecular formula is C19H14ClFN2O4S. The van der Waals surface area contributed by atoms with E-state index in [0.29, 0.717) is 5.56 Å². The Morgan fingerprint density at radius 1 is 1.14 bits per heavy atom. The van der Waals surface area contributed by atoms with E-state index in [9.17, 15) is 17.6 Å². The number of aryl methyl sites for hydroxylation is 1. The summed E-state index contributed by atoms with van der Waals surface area (Å²) in [7, 11) is -3.94. The first-order valence-electron chi connectivity index (χ1n) is 8.04. The Kier molecular flexibility index (Phi) is 5.71. The van der Waals surface area contributed by atoms with Crippen molar-refractivity contribution in [3.8, 4) is 5.75 Å². The van der Waals surface area contributed by atoms with Crippen LogP contribution in [0, 0.1) is 12.7 Å². The molecule has 9 heteroatoms. The van der Waals surface area contributed by atoms with Crippen LogP contribution in [0.3, 0.4) is 0 Å². The number of rotatable bonds is 5. The first-order valence-corrected chi connectivity index (χ1v) is 10.1. The molecule has 28 heavy (non-hydrogen) atoms. The summed E-state index contributed by atoms with van der Waals surface area (Å²) in [5.74, 6) is -2.53. The number of sulfone groups is 1. The number of nitrogens with zero attached hydrogens (tertiary/aromatic N) is 2. The van der Waals surface area contributed by atoms with E-state index in [1.807, 2.05) is 6.92 Å². The molecule has 1 aromatic heterocycles. The van der Waals surface area contributed by atoms with Gasteiger partial charge in [-0.15, -0.1) is 0 Å². The highest BCUT2D eigenvalue weighted by Crippen LogP contribution is 2.21. The highest BCUT2D eigenvalue weighted by atomic mass is 35.5. The third-order valence-electron chi connectivity index (χ3n) is 3.71. The Morgan fingerprint density at radius 2 is 1.82 bits per heavy atom. The summed E-state index contributed by atoms with van der Waals surface area (Å²) in [6.45, 7) is 1.88. The second-order valence-electron chi connectivity index (χ2n) is 5.91. The van der Waals surface area contributed by atoms with Gasteiger partial charge in [-0.1, -0.05) is 53.6 Å². The number of ether oxygens (including phenoxy) is 1. The Labute approximate surface area is 165 Å². The normalized spacial score (nSPS) is 11.2. The number of carbonyl (C=O) groups is 1. The van der Waals surface area contributed by atoms with Crippen molar-refractivity contribution in [2.75, 3.05) is 0 Å². The zero-order valence-corrected chi connectivity index (χ0v) is 16.2. The summed E-state index contributed by atoms with van der Waals surface area (Å²) >= 11 is 5.91. The molecule has 1 heterocycles. The van der Waals surface area contributed by atoms with Gasteiger partial charge in [-0.25, -0.2) is 27.6 Å². The number of aromatic nitrogens is 2. The van der Waals surface area contributed by atoms with Crippen molar-refractivity contribution < 1.29 is 22.3 Å². The predicted molar refractivity (Wildman–Crippen MR) is 100 cm³/mol. The molecule has 0 unspecified atom stereocenters. The Balaban J connectivity index is 1.89. The molecule has 3 aromatic rings. The summed E-state index contributed by atoms with van der Waals surface area (Å²) in [6.07, 6.45) is 0.995. The standard InChI is InChI=1S/C19H14ClFN2O4S/c1-12-6-8-13(9-7-12)11-28(25,26)19-22-10-14(20)17(23-19)18(24)27-16-5-3-2-4-15(16)21/h2-10H,11H2,1H3. The molecular weight excluding hydrogens is 407 g/mol. The number of esters is 1. The molecule has 0 N–H and O–H groups in total. The van der Waals surface area contributed by atoms with E-state index in [-0.39, 0.29) is 16.5 Å². The lowest BCUT2D eigenvalue weighted by atomic mass is 10.2. The van der Waals surface area contributed by atoms with Gasteiger partial charge in [0.15, 0.2) is 17.3 Å². The van der Waals surface area contributed by atoms with Crippen molar-refractivity contribution in [1.82, 2.24) is 9.97 Å². The topological polar surface area (TPSA) is 86.2 Å². The monoisotopic (exact) mass is 420 g/mol. The van der Waals surface area contributed by atoms with E-state index in [1.165, 1.54) is 18.2 Å². The number of hydrogen-bond acceptors (Lipinski definition) is 6. The third-order valence-corrected chi connectivity index (χ3v) is 5.45. The second-order valence-corrected chi connectivity index (χ2v) is 8.20. The molecule has 0 saturated carbocycles. The average molecular weight is 421 g/mol. The van der Waals surface area contributed by atoms with E-state index in [4.69, 9.17) is 16.3 Å². The first-order chi connectivity index (χ1) is 13.3. The first kappa shape index (κ1) is 19.9. The maximum Gasteiger partial charge on any atom is 0.364 e. The van der Waals surface area contributed by atoms with Gasteiger partial charge in [0.25, 0.3) is 0 Å². The van der Waals surface area contributed by atoms with Gasteiger partial charge in [0.05, 0.1) is 17.0 Å². The van der Waals surface area contributed by atoms with Crippen molar-refractivity contribution in [3.63, 3.8) is 0 Å². The van der Waals surface area contributed by atoms with Crippen LogP contribution in [-0.2, 0) is 15.6 Å². The van der Waals surface area contributed by atoms with Gasteiger partial charge < -0.3 is 4.74 Å². The van der Waals surface area contributed by atoms with Crippen LogP contribution < -0.4 is 4.74 Å². The molecule has 0 bridgehead atoms. The van der Waals surface area contributed by atoms with Crippen LogP contribution in [0.4, 0.5) is 4.39 Å². The van der Waals surface area contributed by atoms with Crippen LogP contribution >= 0.6 is 11.6 Å². The molecule has 6 nitrogen and oxygen atoms in total. The van der Waals surface area contributed by atoms with Gasteiger partial charge in [0.1, 0.15) is 0 Å². The van der Waals surface area contributed by atoms with Crippen LogP contribution in [0.1, 0.15) is 21.6 Å². The van der Waals surface area contributed by atoms with Crippen LogP contribution in [-0.4, -0.2) is 24.4 Å². The van der Waals surface area contributed by atoms with Crippen molar-refractivity contribution >= 4 is 27.4 Å². The maximum absolute atomic E-state index is 13.7. The van der Waals surface area contributed by atoms with E-state index >= 15 is 0 Å². The second kappa shape index (κ2) is 8.04. The van der Waals surface area contributed by atoms with Gasteiger partial charge in [0.2, 0.25) is 15.0 Å². The minimum atomic E-state index is -3.94. The molecule has 0 spiro atoms. The van der Waals surface area contributed by atoms with Crippen molar-refractivity contribution in [3.05, 3.63) is 82.4 Å². The lowest BCUT2D eigenvalue weighted by Crippen LogP contribution is -2.17. The fourth-order valence-corrected chi connectivity index (χ4v) is 3.66. The molecule has 0 atom stereocenters. The van der Waals surface area contributed by atoms with Crippen LogP contribution in [0.25, 0.3) is 0 Å². The Bertz CT molecular complexity index is 1130. The minimum Gasteiger partial charge on any atom is -0.419 e. The average Bonchev–Trinajstić information content (AvgIpc) is 2.65. The molecule has 0 amide bonds. The van der Waals surface area contributed by atoms with Crippen molar-refractivity contribution in [2.45, 2.75) is 17.8 Å². The van der Waals surface area contributed by atoms with Crippen LogP contribution in [0.15, 0.2) is 59.9 Å². The number of halogens is 2. The highest BCUT2D eigenvalue weighted by Gasteiger charge is 2.24. The van der Waals surface area contributed by atoms with E-state index in [1.54, 1.807) is 24.3 Å².